The summed E-state index contributed by atoms with van der Waals surface area (Å²) >= 11 is 6.00. The minimum atomic E-state index is -0.0248. The lowest BCUT2D eigenvalue weighted by Crippen LogP contribution is -2.57. The van der Waals surface area contributed by atoms with Gasteiger partial charge in [-0.1, -0.05) is 11.6 Å². The summed E-state index contributed by atoms with van der Waals surface area (Å²) in [6.07, 6.45) is 3.89. The number of halogens is 1. The molecule has 0 saturated carbocycles. The van der Waals surface area contributed by atoms with Gasteiger partial charge in [0.05, 0.1) is 5.02 Å². The molecular weight excluding hydrogens is 288 g/mol. The summed E-state index contributed by atoms with van der Waals surface area (Å²) in [6, 6.07) is 5.68. The minimum Gasteiger partial charge on any atom is -0.463 e. The smallest absolute Gasteiger partial charge is 0.251 e. The maximum atomic E-state index is 12.4. The minimum absolute atomic E-state index is 0.0248. The Bertz CT molecular complexity index is 689. The topological polar surface area (TPSA) is 45.5 Å². The van der Waals surface area contributed by atoms with Gasteiger partial charge in [-0.3, -0.25) is 4.79 Å². The second-order valence-corrected chi connectivity index (χ2v) is 6.42. The summed E-state index contributed by atoms with van der Waals surface area (Å²) < 4.78 is 5.36. The van der Waals surface area contributed by atoms with Crippen molar-refractivity contribution in [2.24, 2.45) is 5.92 Å². The van der Waals surface area contributed by atoms with Crippen molar-refractivity contribution in [3.8, 4) is 0 Å². The first-order valence-corrected chi connectivity index (χ1v) is 7.78. The molecule has 2 bridgehead atoms. The molecule has 1 atom stereocenters. The summed E-state index contributed by atoms with van der Waals surface area (Å²) in [5.74, 6) is 0.601. The van der Waals surface area contributed by atoms with Crippen LogP contribution >= 0.6 is 11.6 Å². The predicted octanol–water partition coefficient (Wildman–Crippen LogP) is 2.91. The molecule has 3 saturated heterocycles. The van der Waals surface area contributed by atoms with Crippen molar-refractivity contribution < 1.29 is 9.21 Å². The number of rotatable bonds is 2. The van der Waals surface area contributed by atoms with Gasteiger partial charge in [0.25, 0.3) is 5.91 Å². The Labute approximate surface area is 128 Å². The Morgan fingerprint density at radius 3 is 2.86 bits per heavy atom. The number of nitrogens with one attached hydrogen (secondary N) is 1. The molecule has 0 radical (unpaired) electrons. The van der Waals surface area contributed by atoms with Gasteiger partial charge in [0.2, 0.25) is 0 Å². The van der Waals surface area contributed by atoms with E-state index in [0.29, 0.717) is 22.1 Å². The molecule has 1 aromatic carbocycles. The number of fused-ring (bicyclic) bond motifs is 4. The predicted molar refractivity (Wildman–Crippen MR) is 81.6 cm³/mol. The standard InChI is InChI=1S/C16H17ClN2O2/c17-13-9-21-15-7-11(1-2-12(13)15)16(20)18-14-8-19-5-3-10(14)4-6-19/h1-2,7,9-10,14H,3-6,8H2,(H,18,20)/t14-/m0/s1. The Morgan fingerprint density at radius 1 is 1.33 bits per heavy atom. The highest BCUT2D eigenvalue weighted by Crippen LogP contribution is 2.29. The fraction of sp³-hybridized carbons (Fsp3) is 0.438. The molecule has 5 heteroatoms. The van der Waals surface area contributed by atoms with Crippen molar-refractivity contribution in [2.45, 2.75) is 18.9 Å². The Balaban J connectivity index is 1.53. The SMILES string of the molecule is O=C(N[C@H]1CN2CCC1CC2)c1ccc2c(Cl)coc2c1. The molecule has 1 amide bonds. The monoisotopic (exact) mass is 304 g/mol. The molecule has 0 aliphatic carbocycles. The number of nitrogens with zero attached hydrogens (tertiary/aromatic N) is 1. The van der Waals surface area contributed by atoms with Crippen molar-refractivity contribution in [3.63, 3.8) is 0 Å². The largest absolute Gasteiger partial charge is 0.463 e. The fourth-order valence-electron chi connectivity index (χ4n) is 3.52. The van der Waals surface area contributed by atoms with E-state index in [9.17, 15) is 4.79 Å². The van der Waals surface area contributed by atoms with Crippen LogP contribution in [0.15, 0.2) is 28.9 Å². The third-order valence-electron chi connectivity index (χ3n) is 4.76. The molecule has 4 nitrogen and oxygen atoms in total. The molecule has 3 aliphatic rings. The number of furan rings is 1. The number of carbonyl (C=O) groups excluding carboxylic acids is 1. The highest BCUT2D eigenvalue weighted by molar-refractivity contribution is 6.35. The molecule has 3 aliphatic heterocycles. The molecular formula is C16H17ClN2O2. The highest BCUT2D eigenvalue weighted by Gasteiger charge is 2.34. The summed E-state index contributed by atoms with van der Waals surface area (Å²) in [6.45, 7) is 3.33. The van der Waals surface area contributed by atoms with Gasteiger partial charge in [-0.05, 0) is 50.0 Å². The number of carbonyl (C=O) groups is 1. The first-order valence-electron chi connectivity index (χ1n) is 7.41. The molecule has 0 unspecified atom stereocenters. The van der Waals surface area contributed by atoms with Crippen LogP contribution in [-0.4, -0.2) is 36.5 Å². The van der Waals surface area contributed by atoms with E-state index in [1.54, 1.807) is 12.1 Å². The first-order chi connectivity index (χ1) is 10.2. The van der Waals surface area contributed by atoms with E-state index in [-0.39, 0.29) is 11.9 Å². The van der Waals surface area contributed by atoms with E-state index in [0.717, 1.165) is 11.9 Å². The van der Waals surface area contributed by atoms with Crippen molar-refractivity contribution in [2.75, 3.05) is 19.6 Å². The van der Waals surface area contributed by atoms with Crippen molar-refractivity contribution in [1.29, 1.82) is 0 Å². The summed E-state index contributed by atoms with van der Waals surface area (Å²) in [5, 5.41) is 4.60. The van der Waals surface area contributed by atoms with E-state index in [2.05, 4.69) is 10.2 Å². The van der Waals surface area contributed by atoms with Crippen LogP contribution < -0.4 is 5.32 Å². The van der Waals surface area contributed by atoms with E-state index in [4.69, 9.17) is 16.0 Å². The second-order valence-electron chi connectivity index (χ2n) is 6.01. The number of amides is 1. The number of hydrogen-bond acceptors (Lipinski definition) is 3. The molecule has 1 aromatic heterocycles. The van der Waals surface area contributed by atoms with Gasteiger partial charge in [-0.25, -0.2) is 0 Å². The van der Waals surface area contributed by atoms with Crippen LogP contribution in [0.2, 0.25) is 5.02 Å². The van der Waals surface area contributed by atoms with E-state index in [1.165, 1.54) is 32.2 Å². The van der Waals surface area contributed by atoms with Crippen LogP contribution in [0.1, 0.15) is 23.2 Å². The zero-order valence-electron chi connectivity index (χ0n) is 11.6. The molecule has 21 heavy (non-hydrogen) atoms. The second kappa shape index (κ2) is 5.04. The van der Waals surface area contributed by atoms with Gasteiger partial charge in [0, 0.05) is 23.5 Å². The van der Waals surface area contributed by atoms with Crippen LogP contribution in [0, 0.1) is 5.92 Å². The van der Waals surface area contributed by atoms with Crippen LogP contribution in [0.4, 0.5) is 0 Å². The molecule has 2 aromatic rings. The van der Waals surface area contributed by atoms with Gasteiger partial charge in [0.1, 0.15) is 11.8 Å². The maximum absolute atomic E-state index is 12.4. The average Bonchev–Trinajstić information content (AvgIpc) is 2.89. The molecule has 0 spiro atoms. The maximum Gasteiger partial charge on any atom is 0.251 e. The normalized spacial score (nSPS) is 28.0. The Morgan fingerprint density at radius 2 is 2.14 bits per heavy atom. The lowest BCUT2D eigenvalue weighted by Gasteiger charge is -2.44. The summed E-state index contributed by atoms with van der Waals surface area (Å²) in [7, 11) is 0. The Kier molecular flexibility index (Phi) is 3.16. The van der Waals surface area contributed by atoms with Crippen LogP contribution in [-0.2, 0) is 0 Å². The van der Waals surface area contributed by atoms with Crippen LogP contribution in [0.25, 0.3) is 11.0 Å². The quantitative estimate of drug-likeness (QED) is 0.928. The number of piperidine rings is 3. The average molecular weight is 305 g/mol. The van der Waals surface area contributed by atoms with Crippen LogP contribution in [0.5, 0.6) is 0 Å². The highest BCUT2D eigenvalue weighted by atomic mass is 35.5. The molecule has 110 valence electrons. The van der Waals surface area contributed by atoms with Gasteiger partial charge in [-0.15, -0.1) is 0 Å². The summed E-state index contributed by atoms with van der Waals surface area (Å²) in [5.41, 5.74) is 1.28. The lowest BCUT2D eigenvalue weighted by atomic mass is 9.84. The number of benzene rings is 1. The molecule has 1 N–H and O–H groups in total. The van der Waals surface area contributed by atoms with E-state index < -0.39 is 0 Å². The third kappa shape index (κ3) is 2.32. The van der Waals surface area contributed by atoms with Gasteiger partial charge in [0.15, 0.2) is 0 Å². The molecule has 3 fully saturated rings. The molecule has 4 heterocycles. The fourth-order valence-corrected chi connectivity index (χ4v) is 3.72. The van der Waals surface area contributed by atoms with E-state index >= 15 is 0 Å². The van der Waals surface area contributed by atoms with Gasteiger partial charge < -0.3 is 14.6 Å². The van der Waals surface area contributed by atoms with Gasteiger partial charge >= 0.3 is 0 Å². The van der Waals surface area contributed by atoms with Crippen molar-refractivity contribution >= 4 is 28.5 Å². The zero-order valence-corrected chi connectivity index (χ0v) is 12.4. The van der Waals surface area contributed by atoms with E-state index in [1.807, 2.05) is 6.07 Å². The summed E-state index contributed by atoms with van der Waals surface area (Å²) in [4.78, 5) is 14.9. The lowest BCUT2D eigenvalue weighted by molar-refractivity contribution is 0.0620. The third-order valence-corrected chi connectivity index (χ3v) is 5.06. The van der Waals surface area contributed by atoms with Crippen LogP contribution in [0.3, 0.4) is 0 Å². The van der Waals surface area contributed by atoms with Crippen molar-refractivity contribution in [3.05, 3.63) is 35.0 Å². The van der Waals surface area contributed by atoms with Crippen molar-refractivity contribution in [1.82, 2.24) is 10.2 Å². The van der Waals surface area contributed by atoms with Gasteiger partial charge in [-0.2, -0.15) is 0 Å². The number of hydrogen-bond donors (Lipinski definition) is 1. The molecule has 5 rings (SSSR count). The zero-order chi connectivity index (χ0) is 14.4. The first kappa shape index (κ1) is 13.2. The Hall–Kier alpha value is -1.52.